The monoisotopic (exact) mass is 945 g/mol. The van der Waals surface area contributed by atoms with Crippen LogP contribution in [0.3, 0.4) is 0 Å². The second-order valence-corrected chi connectivity index (χ2v) is 20.6. The Morgan fingerprint density at radius 3 is 0.746 bits per heavy atom. The zero-order chi connectivity index (χ0) is 48.6. The highest BCUT2D eigenvalue weighted by Gasteiger charge is 2.19. The molecule has 0 aromatic rings. The van der Waals surface area contributed by atoms with Crippen LogP contribution in [0.5, 0.6) is 0 Å². The lowest BCUT2D eigenvalue weighted by atomic mass is 10.0. The molecule has 0 aromatic heterocycles. The van der Waals surface area contributed by atoms with E-state index >= 15 is 0 Å². The molecule has 0 rings (SSSR count). The Hall–Kier alpha value is -1.85. The zero-order valence-corrected chi connectivity index (χ0v) is 45.5. The fraction of sp³-hybridized carbons (Fsp3) is 0.918. The van der Waals surface area contributed by atoms with Crippen molar-refractivity contribution in [3.8, 4) is 0 Å². The van der Waals surface area contributed by atoms with Crippen LogP contribution < -0.4 is 0 Å². The summed E-state index contributed by atoms with van der Waals surface area (Å²) in [4.78, 5) is 38.0. The first-order chi connectivity index (χ1) is 33.0. The topological polar surface area (TPSA) is 78.9 Å². The molecule has 1 atom stereocenters. The van der Waals surface area contributed by atoms with Crippen molar-refractivity contribution in [1.29, 1.82) is 0 Å². The Morgan fingerprint density at radius 2 is 0.493 bits per heavy atom. The van der Waals surface area contributed by atoms with Gasteiger partial charge < -0.3 is 14.2 Å². The van der Waals surface area contributed by atoms with E-state index in [2.05, 4.69) is 32.9 Å². The molecule has 0 saturated carbocycles. The van der Waals surface area contributed by atoms with Crippen molar-refractivity contribution in [1.82, 2.24) is 0 Å². The van der Waals surface area contributed by atoms with E-state index in [1.165, 1.54) is 244 Å². The van der Waals surface area contributed by atoms with Crippen LogP contribution in [-0.2, 0) is 28.6 Å². The third-order valence-corrected chi connectivity index (χ3v) is 13.8. The largest absolute Gasteiger partial charge is 0.462 e. The smallest absolute Gasteiger partial charge is 0.306 e. The molecule has 0 heterocycles. The summed E-state index contributed by atoms with van der Waals surface area (Å²) >= 11 is 0. The van der Waals surface area contributed by atoms with Gasteiger partial charge in [-0.15, -0.1) is 0 Å². The van der Waals surface area contributed by atoms with Crippen LogP contribution in [0.15, 0.2) is 12.2 Å². The molecule has 0 spiro atoms. The van der Waals surface area contributed by atoms with Gasteiger partial charge in [0.15, 0.2) is 6.10 Å². The molecule has 0 fully saturated rings. The molecule has 396 valence electrons. The van der Waals surface area contributed by atoms with E-state index in [9.17, 15) is 14.4 Å². The van der Waals surface area contributed by atoms with E-state index in [0.29, 0.717) is 19.3 Å². The Kier molecular flexibility index (Phi) is 55.2. The van der Waals surface area contributed by atoms with Crippen molar-refractivity contribution in [2.75, 3.05) is 13.2 Å². The van der Waals surface area contributed by atoms with Gasteiger partial charge in [0.1, 0.15) is 13.2 Å². The van der Waals surface area contributed by atoms with E-state index in [0.717, 1.165) is 57.8 Å². The Labute approximate surface area is 418 Å². The standard InChI is InChI=1S/C61H116O6/c1-4-7-10-13-16-19-21-23-25-27-28-29-30-31-32-33-34-35-37-38-40-42-45-48-51-54-60(63)66-57-58(56-65-59(62)53-50-47-44-18-15-12-9-6-3)67-61(64)55-52-49-46-43-41-39-36-26-24-22-20-17-14-11-8-5-2/h27-28,58H,4-26,29-57H2,1-3H3/b28-27-. The first-order valence-corrected chi connectivity index (χ1v) is 30.2. The molecule has 0 aliphatic rings. The van der Waals surface area contributed by atoms with Gasteiger partial charge in [-0.05, 0) is 44.9 Å². The van der Waals surface area contributed by atoms with Gasteiger partial charge in [-0.3, -0.25) is 14.4 Å². The van der Waals surface area contributed by atoms with Crippen LogP contribution in [0, 0.1) is 0 Å². The number of carbonyl (C=O) groups is 3. The Bertz CT molecular complexity index is 1040. The maximum absolute atomic E-state index is 12.8. The van der Waals surface area contributed by atoms with Gasteiger partial charge in [0.2, 0.25) is 0 Å². The molecule has 0 amide bonds. The molecule has 6 heteroatoms. The van der Waals surface area contributed by atoms with Crippen LogP contribution >= 0.6 is 0 Å². The molecule has 1 unspecified atom stereocenters. The minimum atomic E-state index is -0.762. The second-order valence-electron chi connectivity index (χ2n) is 20.6. The van der Waals surface area contributed by atoms with Crippen molar-refractivity contribution in [2.24, 2.45) is 0 Å². The maximum Gasteiger partial charge on any atom is 0.306 e. The second kappa shape index (κ2) is 56.7. The normalized spacial score (nSPS) is 12.0. The van der Waals surface area contributed by atoms with Crippen LogP contribution in [0.4, 0.5) is 0 Å². The van der Waals surface area contributed by atoms with Crippen molar-refractivity contribution in [3.63, 3.8) is 0 Å². The molecule has 0 N–H and O–H groups in total. The molecule has 0 aromatic carbocycles. The summed E-state index contributed by atoms with van der Waals surface area (Å²) in [6, 6.07) is 0. The van der Waals surface area contributed by atoms with Crippen LogP contribution in [0.1, 0.15) is 342 Å². The van der Waals surface area contributed by atoms with Crippen molar-refractivity contribution < 1.29 is 28.6 Å². The van der Waals surface area contributed by atoms with Gasteiger partial charge in [-0.1, -0.05) is 290 Å². The fourth-order valence-electron chi connectivity index (χ4n) is 9.21. The average molecular weight is 946 g/mol. The molecule has 6 nitrogen and oxygen atoms in total. The number of hydrogen-bond donors (Lipinski definition) is 0. The summed E-state index contributed by atoms with van der Waals surface area (Å²) in [5.74, 6) is -0.845. The molecule has 0 aliphatic heterocycles. The van der Waals surface area contributed by atoms with Crippen molar-refractivity contribution >= 4 is 17.9 Å². The number of esters is 3. The lowest BCUT2D eigenvalue weighted by Crippen LogP contribution is -2.30. The molecule has 0 radical (unpaired) electrons. The molecule has 67 heavy (non-hydrogen) atoms. The van der Waals surface area contributed by atoms with Crippen LogP contribution in [-0.4, -0.2) is 37.2 Å². The van der Waals surface area contributed by atoms with Gasteiger partial charge in [0.25, 0.3) is 0 Å². The van der Waals surface area contributed by atoms with E-state index in [-0.39, 0.29) is 31.1 Å². The van der Waals surface area contributed by atoms with Gasteiger partial charge >= 0.3 is 17.9 Å². The van der Waals surface area contributed by atoms with E-state index < -0.39 is 6.10 Å². The maximum atomic E-state index is 12.8. The number of hydrogen-bond acceptors (Lipinski definition) is 6. The van der Waals surface area contributed by atoms with E-state index in [1.807, 2.05) is 0 Å². The summed E-state index contributed by atoms with van der Waals surface area (Å²) in [6.07, 6.45) is 65.2. The Morgan fingerprint density at radius 1 is 0.284 bits per heavy atom. The highest BCUT2D eigenvalue weighted by Crippen LogP contribution is 2.17. The third-order valence-electron chi connectivity index (χ3n) is 13.8. The van der Waals surface area contributed by atoms with E-state index in [4.69, 9.17) is 14.2 Å². The number of rotatable bonds is 56. The quantitative estimate of drug-likeness (QED) is 0.0262. The van der Waals surface area contributed by atoms with E-state index in [1.54, 1.807) is 0 Å². The minimum Gasteiger partial charge on any atom is -0.462 e. The molecule has 0 bridgehead atoms. The van der Waals surface area contributed by atoms with Gasteiger partial charge in [-0.25, -0.2) is 0 Å². The average Bonchev–Trinajstić information content (AvgIpc) is 3.33. The molecular weight excluding hydrogens is 829 g/mol. The van der Waals surface area contributed by atoms with Crippen LogP contribution in [0.25, 0.3) is 0 Å². The summed E-state index contributed by atoms with van der Waals surface area (Å²) < 4.78 is 16.8. The predicted molar refractivity (Wildman–Crippen MR) is 289 cm³/mol. The highest BCUT2D eigenvalue weighted by atomic mass is 16.6. The zero-order valence-electron chi connectivity index (χ0n) is 45.5. The fourth-order valence-corrected chi connectivity index (χ4v) is 9.21. The van der Waals surface area contributed by atoms with Crippen molar-refractivity contribution in [2.45, 2.75) is 348 Å². The number of unbranched alkanes of at least 4 members (excludes halogenated alkanes) is 43. The number of ether oxygens (including phenoxy) is 3. The van der Waals surface area contributed by atoms with Gasteiger partial charge in [-0.2, -0.15) is 0 Å². The lowest BCUT2D eigenvalue weighted by molar-refractivity contribution is -0.167. The first kappa shape index (κ1) is 65.1. The lowest BCUT2D eigenvalue weighted by Gasteiger charge is -2.18. The minimum absolute atomic E-state index is 0.0641. The first-order valence-electron chi connectivity index (χ1n) is 30.2. The third kappa shape index (κ3) is 55.0. The summed E-state index contributed by atoms with van der Waals surface area (Å²) in [6.45, 7) is 6.67. The molecular formula is C61H116O6. The van der Waals surface area contributed by atoms with Crippen LogP contribution in [0.2, 0.25) is 0 Å². The predicted octanol–water partition coefficient (Wildman–Crippen LogP) is 20.1. The molecule has 0 aliphatic carbocycles. The number of allylic oxidation sites excluding steroid dienone is 2. The van der Waals surface area contributed by atoms with Gasteiger partial charge in [0.05, 0.1) is 0 Å². The van der Waals surface area contributed by atoms with Crippen molar-refractivity contribution in [3.05, 3.63) is 12.2 Å². The summed E-state index contributed by atoms with van der Waals surface area (Å²) in [5, 5.41) is 0. The molecule has 0 saturated heterocycles. The Balaban J connectivity index is 4.10. The summed E-state index contributed by atoms with van der Waals surface area (Å²) in [5.41, 5.74) is 0. The highest BCUT2D eigenvalue weighted by molar-refractivity contribution is 5.71. The SMILES string of the molecule is CCCCCCCCCC/C=C\CCCCCCCCCCCCCCCC(=O)OCC(COC(=O)CCCCCCCCCC)OC(=O)CCCCCCCCCCCCCCCCCC. The number of carbonyl (C=O) groups excluding carboxylic acids is 3. The van der Waals surface area contributed by atoms with Gasteiger partial charge in [0, 0.05) is 19.3 Å². The summed E-state index contributed by atoms with van der Waals surface area (Å²) in [7, 11) is 0.